The van der Waals surface area contributed by atoms with Crippen molar-refractivity contribution in [3.63, 3.8) is 0 Å². The topological polar surface area (TPSA) is 55.9 Å². The van der Waals surface area contributed by atoms with Crippen LogP contribution in [-0.4, -0.2) is 61.0 Å². The van der Waals surface area contributed by atoms with Crippen molar-refractivity contribution >= 4 is 23.3 Å². The van der Waals surface area contributed by atoms with Gasteiger partial charge in [0, 0.05) is 44.0 Å². The molecule has 25 heavy (non-hydrogen) atoms. The lowest BCUT2D eigenvalue weighted by atomic mass is 10.0. The second-order valence-corrected chi connectivity index (χ2v) is 6.84. The van der Waals surface area contributed by atoms with Gasteiger partial charge in [0.25, 0.3) is 0 Å². The maximum atomic E-state index is 12.6. The maximum absolute atomic E-state index is 12.6. The molecule has 0 aliphatic carbocycles. The summed E-state index contributed by atoms with van der Waals surface area (Å²) in [6, 6.07) is 6.22. The zero-order valence-electron chi connectivity index (χ0n) is 15.4. The van der Waals surface area contributed by atoms with Crippen LogP contribution in [0.2, 0.25) is 0 Å². The van der Waals surface area contributed by atoms with Gasteiger partial charge in [-0.05, 0) is 49.7 Å². The summed E-state index contributed by atoms with van der Waals surface area (Å²) >= 11 is 0. The highest BCUT2D eigenvalue weighted by atomic mass is 16.2. The van der Waals surface area contributed by atoms with E-state index in [0.29, 0.717) is 12.5 Å². The maximum Gasteiger partial charge on any atom is 0.321 e. The summed E-state index contributed by atoms with van der Waals surface area (Å²) in [5, 5.41) is 3.02. The molecule has 6 nitrogen and oxygen atoms in total. The van der Waals surface area contributed by atoms with Gasteiger partial charge in [0.1, 0.15) is 0 Å². The fourth-order valence-electron chi connectivity index (χ4n) is 3.90. The van der Waals surface area contributed by atoms with Crippen molar-refractivity contribution in [1.29, 1.82) is 0 Å². The van der Waals surface area contributed by atoms with Crippen molar-refractivity contribution in [2.75, 3.05) is 43.4 Å². The van der Waals surface area contributed by atoms with Gasteiger partial charge in [-0.25, -0.2) is 4.79 Å². The van der Waals surface area contributed by atoms with Crippen molar-refractivity contribution in [2.45, 2.75) is 39.2 Å². The number of hydrogen-bond donors (Lipinski definition) is 1. The molecule has 1 aromatic carbocycles. The Kier molecular flexibility index (Phi) is 5.27. The van der Waals surface area contributed by atoms with Gasteiger partial charge in [0.15, 0.2) is 0 Å². The largest absolute Gasteiger partial charge is 0.323 e. The third kappa shape index (κ3) is 3.63. The zero-order valence-corrected chi connectivity index (χ0v) is 15.4. The Morgan fingerprint density at radius 2 is 2.04 bits per heavy atom. The molecule has 2 aliphatic rings. The van der Waals surface area contributed by atoms with Gasteiger partial charge < -0.3 is 15.1 Å². The lowest BCUT2D eigenvalue weighted by Gasteiger charge is -2.27. The monoisotopic (exact) mass is 344 g/mol. The molecular weight excluding hydrogens is 316 g/mol. The minimum atomic E-state index is -0.0325. The number of nitrogens with one attached hydrogen (secondary N) is 1. The van der Waals surface area contributed by atoms with Crippen LogP contribution >= 0.6 is 0 Å². The number of hydrogen-bond acceptors (Lipinski definition) is 3. The van der Waals surface area contributed by atoms with Crippen molar-refractivity contribution in [1.82, 2.24) is 9.80 Å². The normalized spacial score (nSPS) is 20.2. The number of amides is 3. The lowest BCUT2D eigenvalue weighted by molar-refractivity contribution is -0.118. The number of carbonyl (C=O) groups excluding carboxylic acids is 2. The molecule has 0 saturated carbocycles. The number of fused-ring (bicyclic) bond motifs is 1. The number of carbonyl (C=O) groups is 2. The number of likely N-dealkylation sites (N-methyl/N-ethyl adjacent to an activating group) is 1. The summed E-state index contributed by atoms with van der Waals surface area (Å²) in [5.41, 5.74) is 2.86. The summed E-state index contributed by atoms with van der Waals surface area (Å²) in [4.78, 5) is 30.4. The van der Waals surface area contributed by atoms with E-state index in [0.717, 1.165) is 56.0 Å². The standard InChI is InChI=1S/C19H28N4O2/c1-4-22(5-2)16-10-11-23(13-16)19(25)20-15-7-8-17-14(12-15)6-9-18(24)21(17)3/h7-8,12,16H,4-6,9-11,13H2,1-3H3,(H,20,25)/t16-/m1/s1. The zero-order chi connectivity index (χ0) is 18.0. The highest BCUT2D eigenvalue weighted by Gasteiger charge is 2.29. The molecule has 1 atom stereocenters. The minimum absolute atomic E-state index is 0.0325. The van der Waals surface area contributed by atoms with Gasteiger partial charge >= 0.3 is 6.03 Å². The molecule has 6 heteroatoms. The van der Waals surface area contributed by atoms with Gasteiger partial charge in [0.2, 0.25) is 5.91 Å². The summed E-state index contributed by atoms with van der Waals surface area (Å²) < 4.78 is 0. The highest BCUT2D eigenvalue weighted by Crippen LogP contribution is 2.29. The Morgan fingerprint density at radius 3 is 2.76 bits per heavy atom. The average molecular weight is 344 g/mol. The second kappa shape index (κ2) is 7.44. The molecule has 0 unspecified atom stereocenters. The number of likely N-dealkylation sites (tertiary alicyclic amines) is 1. The van der Waals surface area contributed by atoms with Crippen molar-refractivity contribution in [3.05, 3.63) is 23.8 Å². The van der Waals surface area contributed by atoms with E-state index in [4.69, 9.17) is 0 Å². The van der Waals surface area contributed by atoms with Crippen LogP contribution in [0.4, 0.5) is 16.2 Å². The summed E-state index contributed by atoms with van der Waals surface area (Å²) in [7, 11) is 1.80. The summed E-state index contributed by atoms with van der Waals surface area (Å²) in [5.74, 6) is 0.142. The fraction of sp³-hybridized carbons (Fsp3) is 0.579. The van der Waals surface area contributed by atoms with E-state index < -0.39 is 0 Å². The predicted octanol–water partition coefficient (Wildman–Crippen LogP) is 2.54. The molecule has 136 valence electrons. The summed E-state index contributed by atoms with van der Waals surface area (Å²) in [6.45, 7) is 7.97. The van der Waals surface area contributed by atoms with E-state index in [1.54, 1.807) is 11.9 Å². The first-order valence-electron chi connectivity index (χ1n) is 9.23. The van der Waals surface area contributed by atoms with Crippen molar-refractivity contribution in [3.8, 4) is 0 Å². The first kappa shape index (κ1) is 17.7. The van der Waals surface area contributed by atoms with Crippen molar-refractivity contribution in [2.24, 2.45) is 0 Å². The van der Waals surface area contributed by atoms with E-state index in [1.165, 1.54) is 0 Å². The quantitative estimate of drug-likeness (QED) is 0.913. The van der Waals surface area contributed by atoms with E-state index in [1.807, 2.05) is 23.1 Å². The molecular formula is C19H28N4O2. The summed E-state index contributed by atoms with van der Waals surface area (Å²) in [6.07, 6.45) is 2.29. The predicted molar refractivity (Wildman–Crippen MR) is 100 cm³/mol. The van der Waals surface area contributed by atoms with E-state index in [9.17, 15) is 9.59 Å². The van der Waals surface area contributed by atoms with Crippen LogP contribution in [0.1, 0.15) is 32.3 Å². The molecule has 2 aliphatic heterocycles. The smallest absolute Gasteiger partial charge is 0.321 e. The van der Waals surface area contributed by atoms with Gasteiger partial charge in [-0.2, -0.15) is 0 Å². The van der Waals surface area contributed by atoms with Gasteiger partial charge in [-0.1, -0.05) is 13.8 Å². The molecule has 2 heterocycles. The van der Waals surface area contributed by atoms with Gasteiger partial charge in [0.05, 0.1) is 0 Å². The van der Waals surface area contributed by atoms with Crippen LogP contribution in [0.15, 0.2) is 18.2 Å². The van der Waals surface area contributed by atoms with Crippen LogP contribution in [0.3, 0.4) is 0 Å². The minimum Gasteiger partial charge on any atom is -0.323 e. The van der Waals surface area contributed by atoms with Gasteiger partial charge in [-0.15, -0.1) is 0 Å². The van der Waals surface area contributed by atoms with Crippen LogP contribution in [0.5, 0.6) is 0 Å². The highest BCUT2D eigenvalue weighted by molar-refractivity contribution is 5.97. The van der Waals surface area contributed by atoms with E-state index >= 15 is 0 Å². The molecule has 1 saturated heterocycles. The van der Waals surface area contributed by atoms with Crippen molar-refractivity contribution < 1.29 is 9.59 Å². The molecule has 0 spiro atoms. The van der Waals surface area contributed by atoms with Crippen LogP contribution < -0.4 is 10.2 Å². The number of aryl methyl sites for hydroxylation is 1. The molecule has 3 amide bonds. The first-order valence-corrected chi connectivity index (χ1v) is 9.23. The Hall–Kier alpha value is -2.08. The number of benzene rings is 1. The number of rotatable bonds is 4. The number of nitrogens with zero attached hydrogens (tertiary/aromatic N) is 3. The Bertz CT molecular complexity index is 657. The molecule has 0 radical (unpaired) electrons. The lowest BCUT2D eigenvalue weighted by Crippen LogP contribution is -2.39. The molecule has 1 N–H and O–H groups in total. The van der Waals surface area contributed by atoms with Crippen LogP contribution in [0, 0.1) is 0 Å². The SMILES string of the molecule is CCN(CC)[C@@H]1CCN(C(=O)Nc2ccc3c(c2)CCC(=O)N3C)C1. The molecule has 0 bridgehead atoms. The fourth-order valence-corrected chi connectivity index (χ4v) is 3.90. The third-order valence-electron chi connectivity index (χ3n) is 5.45. The number of anilines is 2. The van der Waals surface area contributed by atoms with E-state index in [-0.39, 0.29) is 11.9 Å². The Balaban J connectivity index is 1.63. The molecule has 0 aromatic heterocycles. The molecule has 1 aromatic rings. The second-order valence-electron chi connectivity index (χ2n) is 6.84. The third-order valence-corrected chi connectivity index (χ3v) is 5.45. The average Bonchev–Trinajstić information content (AvgIpc) is 3.09. The Morgan fingerprint density at radius 1 is 1.28 bits per heavy atom. The van der Waals surface area contributed by atoms with Gasteiger partial charge in [-0.3, -0.25) is 9.69 Å². The van der Waals surface area contributed by atoms with Crippen LogP contribution in [-0.2, 0) is 11.2 Å². The Labute approximate surface area is 149 Å². The first-order chi connectivity index (χ1) is 12.0. The molecule has 3 rings (SSSR count). The number of urea groups is 1. The van der Waals surface area contributed by atoms with E-state index in [2.05, 4.69) is 24.1 Å². The van der Waals surface area contributed by atoms with Crippen LogP contribution in [0.25, 0.3) is 0 Å². The molecule has 1 fully saturated rings.